The highest BCUT2D eigenvalue weighted by atomic mass is 35.5. The van der Waals surface area contributed by atoms with Crippen molar-refractivity contribution in [1.29, 1.82) is 0 Å². The molecule has 0 aliphatic rings. The van der Waals surface area contributed by atoms with Crippen LogP contribution in [0.25, 0.3) is 0 Å². The quantitative estimate of drug-likeness (QED) is 0.886. The second kappa shape index (κ2) is 4.82. The topological polar surface area (TPSA) is 67.6 Å². The first-order valence-corrected chi connectivity index (χ1v) is 5.47. The zero-order chi connectivity index (χ0) is 11.5. The molecule has 1 aromatic heterocycles. The highest BCUT2D eigenvalue weighted by Gasteiger charge is 2.12. The molecule has 1 heterocycles. The Kier molecular flexibility index (Phi) is 3.43. The minimum absolute atomic E-state index is 0.265. The minimum Gasteiger partial charge on any atom is -0.321 e. The van der Waals surface area contributed by atoms with Crippen molar-refractivity contribution < 1.29 is 0 Å². The van der Waals surface area contributed by atoms with E-state index >= 15 is 0 Å². The van der Waals surface area contributed by atoms with Gasteiger partial charge in [0.05, 0.1) is 6.04 Å². The summed E-state index contributed by atoms with van der Waals surface area (Å²) in [5.74, 6) is 0.635. The first kappa shape index (κ1) is 11.4. The molecular formula is C10H10Cl2N4. The molecule has 0 spiro atoms. The average molecular weight is 257 g/mol. The average Bonchev–Trinajstić information content (AvgIpc) is 2.76. The molecule has 0 saturated heterocycles. The molecule has 0 radical (unpaired) electrons. The number of hydrogen-bond donors (Lipinski definition) is 2. The van der Waals surface area contributed by atoms with Gasteiger partial charge >= 0.3 is 0 Å². The Morgan fingerprint density at radius 2 is 2.19 bits per heavy atom. The monoisotopic (exact) mass is 256 g/mol. The lowest BCUT2D eigenvalue weighted by atomic mass is 10.1. The van der Waals surface area contributed by atoms with Crippen molar-refractivity contribution in [2.75, 3.05) is 0 Å². The second-order valence-electron chi connectivity index (χ2n) is 3.42. The van der Waals surface area contributed by atoms with Gasteiger partial charge in [-0.2, -0.15) is 5.10 Å². The van der Waals surface area contributed by atoms with E-state index in [1.807, 2.05) is 0 Å². The van der Waals surface area contributed by atoms with Crippen LogP contribution in [-0.4, -0.2) is 15.2 Å². The van der Waals surface area contributed by atoms with Gasteiger partial charge in [-0.25, -0.2) is 4.98 Å². The Bertz CT molecular complexity index is 470. The standard InChI is InChI=1S/C10H10Cl2N4/c11-7-1-2-8(12)6(3-7)4-9(13)10-14-5-15-16-10/h1-3,5,9H,4,13H2,(H,14,15,16). The molecule has 0 saturated carbocycles. The lowest BCUT2D eigenvalue weighted by molar-refractivity contribution is 0.671. The number of H-pyrrole nitrogens is 1. The molecule has 0 bridgehead atoms. The summed E-state index contributed by atoms with van der Waals surface area (Å²) in [6, 6.07) is 5.04. The molecule has 6 heteroatoms. The molecule has 1 aromatic carbocycles. The molecule has 0 aliphatic heterocycles. The van der Waals surface area contributed by atoms with Crippen molar-refractivity contribution >= 4 is 23.2 Å². The van der Waals surface area contributed by atoms with Crippen LogP contribution in [-0.2, 0) is 6.42 Å². The summed E-state index contributed by atoms with van der Waals surface area (Å²) in [5.41, 5.74) is 6.86. The van der Waals surface area contributed by atoms with E-state index in [1.165, 1.54) is 6.33 Å². The van der Waals surface area contributed by atoms with E-state index in [1.54, 1.807) is 18.2 Å². The van der Waals surface area contributed by atoms with Crippen molar-refractivity contribution in [3.63, 3.8) is 0 Å². The van der Waals surface area contributed by atoms with Crippen molar-refractivity contribution in [3.05, 3.63) is 46.0 Å². The number of nitrogens with one attached hydrogen (secondary N) is 1. The first-order chi connectivity index (χ1) is 7.66. The molecular weight excluding hydrogens is 247 g/mol. The predicted molar refractivity (Wildman–Crippen MR) is 63.5 cm³/mol. The lowest BCUT2D eigenvalue weighted by Crippen LogP contribution is -2.15. The Labute approximate surface area is 103 Å². The van der Waals surface area contributed by atoms with Gasteiger partial charge in [0.25, 0.3) is 0 Å². The number of halogens is 2. The number of hydrogen-bond acceptors (Lipinski definition) is 3. The highest BCUT2D eigenvalue weighted by Crippen LogP contribution is 2.24. The van der Waals surface area contributed by atoms with E-state index in [4.69, 9.17) is 28.9 Å². The summed E-state index contributed by atoms with van der Waals surface area (Å²) in [6.45, 7) is 0. The van der Waals surface area contributed by atoms with Crippen LogP contribution in [0.4, 0.5) is 0 Å². The molecule has 2 rings (SSSR count). The van der Waals surface area contributed by atoms with Gasteiger partial charge in [-0.3, -0.25) is 5.10 Å². The molecule has 0 amide bonds. The maximum Gasteiger partial charge on any atom is 0.141 e. The summed E-state index contributed by atoms with van der Waals surface area (Å²) in [4.78, 5) is 4.00. The fourth-order valence-electron chi connectivity index (χ4n) is 1.43. The first-order valence-electron chi connectivity index (χ1n) is 4.71. The molecule has 84 valence electrons. The van der Waals surface area contributed by atoms with E-state index in [0.29, 0.717) is 22.3 Å². The van der Waals surface area contributed by atoms with E-state index in [-0.39, 0.29) is 6.04 Å². The van der Waals surface area contributed by atoms with Gasteiger partial charge in [-0.1, -0.05) is 23.2 Å². The van der Waals surface area contributed by atoms with E-state index in [9.17, 15) is 0 Å². The summed E-state index contributed by atoms with van der Waals surface area (Å²) in [5, 5.41) is 7.77. The molecule has 0 aliphatic carbocycles. The smallest absolute Gasteiger partial charge is 0.141 e. The number of benzene rings is 1. The Hall–Kier alpha value is -1.10. The van der Waals surface area contributed by atoms with Gasteiger partial charge in [-0.05, 0) is 30.2 Å². The second-order valence-corrected chi connectivity index (χ2v) is 4.26. The van der Waals surface area contributed by atoms with Crippen LogP contribution in [0, 0.1) is 0 Å². The van der Waals surface area contributed by atoms with Gasteiger partial charge < -0.3 is 5.73 Å². The number of nitrogens with zero attached hydrogens (tertiary/aromatic N) is 2. The highest BCUT2D eigenvalue weighted by molar-refractivity contribution is 6.33. The van der Waals surface area contributed by atoms with Crippen LogP contribution in [0.5, 0.6) is 0 Å². The molecule has 16 heavy (non-hydrogen) atoms. The molecule has 1 unspecified atom stereocenters. The molecule has 1 atom stereocenters. The fourth-order valence-corrected chi connectivity index (χ4v) is 1.82. The van der Waals surface area contributed by atoms with E-state index in [2.05, 4.69) is 15.2 Å². The number of aromatic amines is 1. The van der Waals surface area contributed by atoms with Gasteiger partial charge in [0.1, 0.15) is 12.2 Å². The van der Waals surface area contributed by atoms with Crippen LogP contribution in [0.15, 0.2) is 24.5 Å². The van der Waals surface area contributed by atoms with Crippen molar-refractivity contribution in [2.45, 2.75) is 12.5 Å². The summed E-state index contributed by atoms with van der Waals surface area (Å²) < 4.78 is 0. The molecule has 4 nitrogen and oxygen atoms in total. The van der Waals surface area contributed by atoms with Crippen molar-refractivity contribution in [1.82, 2.24) is 15.2 Å². The van der Waals surface area contributed by atoms with Crippen LogP contribution in [0.2, 0.25) is 10.0 Å². The summed E-state index contributed by atoms with van der Waals surface area (Å²) >= 11 is 11.9. The van der Waals surface area contributed by atoms with E-state index in [0.717, 1.165) is 5.56 Å². The third-order valence-electron chi connectivity index (χ3n) is 2.23. The number of nitrogens with two attached hydrogens (primary N) is 1. The largest absolute Gasteiger partial charge is 0.321 e. The third-order valence-corrected chi connectivity index (χ3v) is 2.84. The zero-order valence-electron chi connectivity index (χ0n) is 8.32. The SMILES string of the molecule is NC(Cc1cc(Cl)ccc1Cl)c1ncn[nH]1. The fraction of sp³-hybridized carbons (Fsp3) is 0.200. The lowest BCUT2D eigenvalue weighted by Gasteiger charge is -2.10. The summed E-state index contributed by atoms with van der Waals surface area (Å²) in [6.07, 6.45) is 1.99. The Morgan fingerprint density at radius 3 is 2.88 bits per heavy atom. The number of rotatable bonds is 3. The normalized spacial score (nSPS) is 12.7. The molecule has 0 fully saturated rings. The third kappa shape index (κ3) is 2.52. The zero-order valence-corrected chi connectivity index (χ0v) is 9.83. The Balaban J connectivity index is 2.17. The molecule has 3 N–H and O–H groups in total. The Morgan fingerprint density at radius 1 is 1.38 bits per heavy atom. The van der Waals surface area contributed by atoms with Gasteiger partial charge in [0.2, 0.25) is 0 Å². The van der Waals surface area contributed by atoms with Crippen molar-refractivity contribution in [2.24, 2.45) is 5.73 Å². The van der Waals surface area contributed by atoms with Crippen LogP contribution in [0.3, 0.4) is 0 Å². The van der Waals surface area contributed by atoms with Gasteiger partial charge in [0, 0.05) is 10.0 Å². The van der Waals surface area contributed by atoms with Crippen LogP contribution < -0.4 is 5.73 Å². The van der Waals surface area contributed by atoms with Gasteiger partial charge in [-0.15, -0.1) is 0 Å². The number of aromatic nitrogens is 3. The maximum absolute atomic E-state index is 6.04. The molecule has 2 aromatic rings. The minimum atomic E-state index is -0.265. The van der Waals surface area contributed by atoms with Gasteiger partial charge in [0.15, 0.2) is 0 Å². The maximum atomic E-state index is 6.04. The van der Waals surface area contributed by atoms with E-state index < -0.39 is 0 Å². The van der Waals surface area contributed by atoms with Crippen LogP contribution >= 0.6 is 23.2 Å². The van der Waals surface area contributed by atoms with Crippen molar-refractivity contribution in [3.8, 4) is 0 Å². The predicted octanol–water partition coefficient (Wildman–Crippen LogP) is 2.35. The van der Waals surface area contributed by atoms with Crippen LogP contribution in [0.1, 0.15) is 17.4 Å². The summed E-state index contributed by atoms with van der Waals surface area (Å²) in [7, 11) is 0.